The number of amides is 1. The van der Waals surface area contributed by atoms with Gasteiger partial charge in [-0.3, -0.25) is 9.59 Å². The lowest BCUT2D eigenvalue weighted by molar-refractivity contribution is -0.144. The minimum atomic E-state index is -4.94. The quantitative estimate of drug-likeness (QED) is 0.173. The zero-order valence-corrected chi connectivity index (χ0v) is 25.6. The van der Waals surface area contributed by atoms with Crippen LogP contribution in [0.3, 0.4) is 0 Å². The van der Waals surface area contributed by atoms with Crippen LogP contribution in [0.5, 0.6) is 0 Å². The molecule has 1 aromatic rings. The Morgan fingerprint density at radius 1 is 1.12 bits per heavy atom. The van der Waals surface area contributed by atoms with Gasteiger partial charge in [-0.1, -0.05) is 19.6 Å². The lowest BCUT2D eigenvalue weighted by Gasteiger charge is -2.24. The molecule has 230 valence electrons. The van der Waals surface area contributed by atoms with E-state index in [2.05, 4.69) is 35.4 Å². The maximum Gasteiger partial charge on any atom is 0.423 e. The number of carbonyl (C=O) groups is 2. The molecule has 1 unspecified atom stereocenters. The molecule has 0 fully saturated rings. The van der Waals surface area contributed by atoms with Crippen molar-refractivity contribution in [2.45, 2.75) is 97.3 Å². The van der Waals surface area contributed by atoms with Gasteiger partial charge in [-0.05, 0) is 40.7 Å². The molecular formula is C25H43F3N4O7Si. The predicted octanol–water partition coefficient (Wildman–Crippen LogP) is 4.24. The normalized spacial score (nSPS) is 13.9. The summed E-state index contributed by atoms with van der Waals surface area (Å²) in [5.41, 5.74) is -3.98. The molecule has 1 aromatic heterocycles. The number of aromatic nitrogens is 2. The van der Waals surface area contributed by atoms with Gasteiger partial charge >= 0.3 is 18.2 Å². The Hall–Kier alpha value is -2.65. The highest BCUT2D eigenvalue weighted by Gasteiger charge is 2.38. The number of anilines is 1. The van der Waals surface area contributed by atoms with E-state index in [0.29, 0.717) is 11.3 Å². The Kier molecular flexibility index (Phi) is 13.6. The van der Waals surface area contributed by atoms with Crippen molar-refractivity contribution in [3.63, 3.8) is 0 Å². The Morgan fingerprint density at radius 3 is 2.33 bits per heavy atom. The second-order valence-electron chi connectivity index (χ2n) is 11.5. The Balaban J connectivity index is 2.87. The van der Waals surface area contributed by atoms with E-state index in [0.717, 1.165) is 12.2 Å². The van der Waals surface area contributed by atoms with Gasteiger partial charge in [-0.25, -0.2) is 9.48 Å². The third kappa shape index (κ3) is 14.1. The van der Waals surface area contributed by atoms with Crippen molar-refractivity contribution in [1.29, 1.82) is 0 Å². The van der Waals surface area contributed by atoms with Crippen LogP contribution >= 0.6 is 0 Å². The lowest BCUT2D eigenvalue weighted by Crippen LogP contribution is -2.43. The number of hydrogen-bond donors (Lipinski definition) is 2. The molecule has 40 heavy (non-hydrogen) atoms. The number of alkyl halides is 3. The minimum Gasteiger partial charge on any atom is -0.466 e. The van der Waals surface area contributed by atoms with E-state index in [-0.39, 0.29) is 26.2 Å². The molecule has 15 heteroatoms. The average Bonchev–Trinajstić information content (AvgIpc) is 2.75. The van der Waals surface area contributed by atoms with Crippen LogP contribution in [0.1, 0.15) is 46.6 Å². The van der Waals surface area contributed by atoms with E-state index in [4.69, 9.17) is 18.9 Å². The highest BCUT2D eigenvalue weighted by molar-refractivity contribution is 6.76. The first-order valence-electron chi connectivity index (χ1n) is 13.1. The van der Waals surface area contributed by atoms with Gasteiger partial charge in [0, 0.05) is 20.7 Å². The molecule has 0 radical (unpaired) electrons. The van der Waals surface area contributed by atoms with Gasteiger partial charge < -0.3 is 29.6 Å². The highest BCUT2D eigenvalue weighted by Crippen LogP contribution is 2.32. The van der Waals surface area contributed by atoms with Crippen LogP contribution in [0, 0.1) is 0 Å². The molecule has 0 aromatic carbocycles. The fraction of sp³-hybridized carbons (Fsp3) is 0.760. The molecule has 0 saturated heterocycles. The van der Waals surface area contributed by atoms with Gasteiger partial charge in [0.1, 0.15) is 17.9 Å². The van der Waals surface area contributed by atoms with Crippen LogP contribution in [0.4, 0.5) is 23.7 Å². The van der Waals surface area contributed by atoms with E-state index in [9.17, 15) is 27.6 Å². The summed E-state index contributed by atoms with van der Waals surface area (Å²) >= 11 is 0. The summed E-state index contributed by atoms with van der Waals surface area (Å²) in [5, 5.41) is 8.99. The number of hydrogen-bond acceptors (Lipinski definition) is 9. The SMILES string of the molecule is CCOC(=O)CC(COC[C@H](C)Nc1cnn(COCC[Si](C)(C)C)c(=O)c1C(F)(F)F)NC(=O)OC(C)(C)C. The molecule has 0 saturated carbocycles. The van der Waals surface area contributed by atoms with Gasteiger partial charge in [-0.15, -0.1) is 0 Å². The van der Waals surface area contributed by atoms with Gasteiger partial charge in [0.2, 0.25) is 0 Å². The average molecular weight is 597 g/mol. The van der Waals surface area contributed by atoms with E-state index in [1.807, 2.05) is 0 Å². The molecule has 0 bridgehead atoms. The van der Waals surface area contributed by atoms with E-state index in [1.54, 1.807) is 34.6 Å². The molecule has 11 nitrogen and oxygen atoms in total. The third-order valence-corrected chi connectivity index (χ3v) is 6.77. The van der Waals surface area contributed by atoms with Crippen molar-refractivity contribution in [2.75, 3.05) is 31.7 Å². The van der Waals surface area contributed by atoms with Crippen molar-refractivity contribution in [1.82, 2.24) is 15.1 Å². The van der Waals surface area contributed by atoms with Gasteiger partial charge in [-0.2, -0.15) is 18.3 Å². The maximum absolute atomic E-state index is 13.8. The number of carbonyl (C=O) groups excluding carboxylic acids is 2. The van der Waals surface area contributed by atoms with Crippen molar-refractivity contribution < 1.29 is 41.7 Å². The summed E-state index contributed by atoms with van der Waals surface area (Å²) in [6, 6.07) is -0.715. The van der Waals surface area contributed by atoms with Crippen LogP contribution in [-0.4, -0.2) is 74.0 Å². The number of nitrogens with one attached hydrogen (secondary N) is 2. The molecule has 1 heterocycles. The van der Waals surface area contributed by atoms with Gasteiger partial charge in [0.25, 0.3) is 5.56 Å². The largest absolute Gasteiger partial charge is 0.466 e. The topological polar surface area (TPSA) is 130 Å². The van der Waals surface area contributed by atoms with Crippen LogP contribution in [0.2, 0.25) is 25.7 Å². The Bertz CT molecular complexity index is 1020. The molecule has 2 atom stereocenters. The zero-order valence-electron chi connectivity index (χ0n) is 24.6. The number of esters is 1. The van der Waals surface area contributed by atoms with E-state index >= 15 is 0 Å². The molecule has 1 rings (SSSR count). The van der Waals surface area contributed by atoms with Crippen molar-refractivity contribution in [3.05, 3.63) is 22.1 Å². The van der Waals surface area contributed by atoms with Crippen LogP contribution < -0.4 is 16.2 Å². The first kappa shape index (κ1) is 35.4. The Labute approximate surface area is 234 Å². The third-order valence-electron chi connectivity index (χ3n) is 5.07. The van der Waals surface area contributed by atoms with Crippen molar-refractivity contribution in [3.8, 4) is 0 Å². The maximum atomic E-state index is 13.8. The molecular weight excluding hydrogens is 553 g/mol. The standard InChI is InChI=1S/C25H43F3N4O7Si/c1-9-38-20(33)12-18(31-23(35)39-24(3,4)5)15-37-14-17(2)30-19-13-29-32(16-36-10-11-40(6,7)8)22(34)21(19)25(26,27)28/h13,17-18,30H,9-12,14-16H2,1-8H3,(H,31,35)/t17-,18?/m0/s1. The predicted molar refractivity (Wildman–Crippen MR) is 146 cm³/mol. The fourth-order valence-electron chi connectivity index (χ4n) is 3.23. The first-order valence-corrected chi connectivity index (χ1v) is 16.8. The van der Waals surface area contributed by atoms with E-state index in [1.165, 1.54) is 0 Å². The summed E-state index contributed by atoms with van der Waals surface area (Å²) in [4.78, 5) is 36.7. The monoisotopic (exact) mass is 596 g/mol. The van der Waals surface area contributed by atoms with Crippen LogP contribution in [-0.2, 0) is 36.6 Å². The first-order chi connectivity index (χ1) is 18.3. The number of ether oxygens (including phenoxy) is 4. The van der Waals surface area contributed by atoms with Crippen LogP contribution in [0.15, 0.2) is 11.0 Å². The minimum absolute atomic E-state index is 0.116. The fourth-order valence-corrected chi connectivity index (χ4v) is 3.99. The summed E-state index contributed by atoms with van der Waals surface area (Å²) < 4.78 is 63.2. The molecule has 0 aliphatic carbocycles. The lowest BCUT2D eigenvalue weighted by atomic mass is 10.2. The number of halogens is 3. The summed E-state index contributed by atoms with van der Waals surface area (Å²) in [6.07, 6.45) is -4.97. The number of nitrogens with zero attached hydrogens (tertiary/aromatic N) is 2. The second-order valence-corrected chi connectivity index (χ2v) is 17.1. The van der Waals surface area contributed by atoms with Gasteiger partial charge in [0.05, 0.1) is 44.2 Å². The molecule has 2 N–H and O–H groups in total. The zero-order chi connectivity index (χ0) is 30.7. The van der Waals surface area contributed by atoms with Crippen molar-refractivity contribution in [2.24, 2.45) is 0 Å². The smallest absolute Gasteiger partial charge is 0.423 e. The summed E-state index contributed by atoms with van der Waals surface area (Å²) in [7, 11) is -1.41. The van der Waals surface area contributed by atoms with E-state index < -0.39 is 67.5 Å². The number of alkyl carbamates (subject to hydrolysis) is 1. The van der Waals surface area contributed by atoms with Gasteiger partial charge in [0.15, 0.2) is 0 Å². The summed E-state index contributed by atoms with van der Waals surface area (Å²) in [6.45, 7) is 14.4. The molecule has 0 spiro atoms. The molecule has 1 amide bonds. The Morgan fingerprint density at radius 2 is 1.77 bits per heavy atom. The highest BCUT2D eigenvalue weighted by atomic mass is 28.3. The second kappa shape index (κ2) is 15.4. The number of rotatable bonds is 15. The molecule has 0 aliphatic heterocycles. The molecule has 0 aliphatic rings. The van der Waals surface area contributed by atoms with Crippen LogP contribution in [0.25, 0.3) is 0 Å². The van der Waals surface area contributed by atoms with Crippen molar-refractivity contribution >= 4 is 25.8 Å². The summed E-state index contributed by atoms with van der Waals surface area (Å²) in [5.74, 6) is -0.566.